The number of carbonyl (C=O) groups is 1. The molecule has 2 aromatic carbocycles. The maximum absolute atomic E-state index is 12.6. The van der Waals surface area contributed by atoms with Crippen molar-refractivity contribution in [3.05, 3.63) is 89.4 Å². The van der Waals surface area contributed by atoms with Gasteiger partial charge in [-0.15, -0.1) is 0 Å². The largest absolute Gasteiger partial charge is 0.379 e. The summed E-state index contributed by atoms with van der Waals surface area (Å²) in [4.78, 5) is 12.6. The number of anilines is 1. The Labute approximate surface area is 172 Å². The minimum Gasteiger partial charge on any atom is -0.379 e. The van der Waals surface area contributed by atoms with Gasteiger partial charge in [0.1, 0.15) is 5.82 Å². The Balaban J connectivity index is 1.68. The van der Waals surface area contributed by atoms with Gasteiger partial charge in [0, 0.05) is 17.5 Å². The van der Waals surface area contributed by atoms with Crippen molar-refractivity contribution in [2.75, 3.05) is 11.9 Å². The average Bonchev–Trinajstić information content (AvgIpc) is 2.70. The van der Waals surface area contributed by atoms with Gasteiger partial charge >= 0.3 is 0 Å². The molecule has 29 heavy (non-hydrogen) atoms. The molecule has 5 nitrogen and oxygen atoms in total. The molecule has 1 heterocycles. The summed E-state index contributed by atoms with van der Waals surface area (Å²) < 4.78 is 0. The fraction of sp³-hybridized carbons (Fsp3) is 0.250. The Bertz CT molecular complexity index is 953. The van der Waals surface area contributed by atoms with Crippen molar-refractivity contribution in [3.63, 3.8) is 0 Å². The molecule has 0 unspecified atom stereocenters. The average molecular weight is 389 g/mol. The van der Waals surface area contributed by atoms with Gasteiger partial charge in [-0.1, -0.05) is 62.4 Å². The van der Waals surface area contributed by atoms with Gasteiger partial charge in [0.05, 0.1) is 12.3 Å². The van der Waals surface area contributed by atoms with Crippen LogP contribution in [0.5, 0.6) is 0 Å². The summed E-state index contributed by atoms with van der Waals surface area (Å²) in [6, 6.07) is 16.4. The summed E-state index contributed by atoms with van der Waals surface area (Å²) in [7, 11) is 0. The van der Waals surface area contributed by atoms with Crippen LogP contribution in [-0.2, 0) is 4.79 Å². The van der Waals surface area contributed by atoms with E-state index in [4.69, 9.17) is 0 Å². The zero-order valence-corrected chi connectivity index (χ0v) is 17.5. The monoisotopic (exact) mass is 388 g/mol. The highest BCUT2D eigenvalue weighted by atomic mass is 16.2. The Hall–Kier alpha value is -3.34. The van der Waals surface area contributed by atoms with Crippen molar-refractivity contribution < 1.29 is 4.79 Å². The van der Waals surface area contributed by atoms with E-state index in [-0.39, 0.29) is 5.91 Å². The first-order valence-corrected chi connectivity index (χ1v) is 9.80. The van der Waals surface area contributed by atoms with E-state index in [1.165, 1.54) is 16.1 Å². The molecule has 1 aliphatic heterocycles. The lowest BCUT2D eigenvalue weighted by Gasteiger charge is -2.26. The van der Waals surface area contributed by atoms with Crippen molar-refractivity contribution in [1.29, 1.82) is 0 Å². The van der Waals surface area contributed by atoms with E-state index in [0.29, 0.717) is 18.3 Å². The van der Waals surface area contributed by atoms with Crippen LogP contribution in [0.4, 0.5) is 5.69 Å². The van der Waals surface area contributed by atoms with Crippen molar-refractivity contribution in [2.45, 2.75) is 33.6 Å². The SMILES string of the molecule is C=C1NC(CNc2ccc(C)cc2)=CC(=O)N1/N=C(\C)c1ccc(C(C)C)cc1. The van der Waals surface area contributed by atoms with Gasteiger partial charge in [0.15, 0.2) is 0 Å². The second-order valence-electron chi connectivity index (χ2n) is 7.57. The number of aryl methyl sites for hydroxylation is 1. The number of nitrogens with zero attached hydrogens (tertiary/aromatic N) is 2. The zero-order chi connectivity index (χ0) is 21.0. The third kappa shape index (κ3) is 5.13. The highest BCUT2D eigenvalue weighted by molar-refractivity contribution is 6.00. The normalized spacial score (nSPS) is 14.7. The minimum absolute atomic E-state index is 0.215. The molecule has 0 fully saturated rings. The summed E-state index contributed by atoms with van der Waals surface area (Å²) in [5, 5.41) is 12.2. The number of hydrogen-bond donors (Lipinski definition) is 2. The Morgan fingerprint density at radius 2 is 1.79 bits per heavy atom. The second-order valence-corrected chi connectivity index (χ2v) is 7.57. The van der Waals surface area contributed by atoms with Crippen LogP contribution in [0.2, 0.25) is 0 Å². The maximum atomic E-state index is 12.6. The third-order valence-electron chi connectivity index (χ3n) is 4.85. The number of amides is 1. The van der Waals surface area contributed by atoms with Gasteiger partial charge in [-0.05, 0) is 43.0 Å². The predicted octanol–water partition coefficient (Wildman–Crippen LogP) is 4.74. The molecule has 0 aliphatic carbocycles. The number of hydrogen-bond acceptors (Lipinski definition) is 4. The van der Waals surface area contributed by atoms with E-state index in [1.54, 1.807) is 6.08 Å². The molecule has 0 saturated heterocycles. The van der Waals surface area contributed by atoms with Crippen LogP contribution in [0.3, 0.4) is 0 Å². The number of nitrogens with one attached hydrogen (secondary N) is 2. The van der Waals surface area contributed by atoms with Gasteiger partial charge < -0.3 is 10.6 Å². The smallest absolute Gasteiger partial charge is 0.274 e. The van der Waals surface area contributed by atoms with E-state index in [9.17, 15) is 4.79 Å². The lowest BCUT2D eigenvalue weighted by Crippen LogP contribution is -2.38. The molecule has 5 heteroatoms. The quantitative estimate of drug-likeness (QED) is 0.703. The molecule has 2 N–H and O–H groups in total. The first kappa shape index (κ1) is 20.4. The Kier molecular flexibility index (Phi) is 6.17. The van der Waals surface area contributed by atoms with Gasteiger partial charge in [-0.3, -0.25) is 4.79 Å². The van der Waals surface area contributed by atoms with Crippen LogP contribution < -0.4 is 10.6 Å². The lowest BCUT2D eigenvalue weighted by atomic mass is 10.0. The van der Waals surface area contributed by atoms with Gasteiger partial charge in [0.2, 0.25) is 0 Å². The van der Waals surface area contributed by atoms with Crippen LogP contribution in [0, 0.1) is 6.92 Å². The molecular formula is C24H28N4O. The summed E-state index contributed by atoms with van der Waals surface area (Å²) in [6.07, 6.45) is 1.55. The molecule has 0 spiro atoms. The van der Waals surface area contributed by atoms with E-state index in [1.807, 2.05) is 50.2 Å². The maximum Gasteiger partial charge on any atom is 0.274 e. The molecule has 0 radical (unpaired) electrons. The minimum atomic E-state index is -0.215. The molecule has 150 valence electrons. The van der Waals surface area contributed by atoms with Gasteiger partial charge in [-0.2, -0.15) is 10.1 Å². The summed E-state index contributed by atoms with van der Waals surface area (Å²) >= 11 is 0. The molecule has 0 atom stereocenters. The zero-order valence-electron chi connectivity index (χ0n) is 17.5. The molecule has 1 amide bonds. The van der Waals surface area contributed by atoms with E-state index in [2.05, 4.69) is 48.3 Å². The van der Waals surface area contributed by atoms with Crippen molar-refractivity contribution in [1.82, 2.24) is 10.3 Å². The molecule has 2 aromatic rings. The molecule has 0 bridgehead atoms. The molecule has 0 saturated carbocycles. The highest BCUT2D eigenvalue weighted by Crippen LogP contribution is 2.17. The van der Waals surface area contributed by atoms with Crippen LogP contribution in [0.25, 0.3) is 0 Å². The third-order valence-corrected chi connectivity index (χ3v) is 4.85. The van der Waals surface area contributed by atoms with Crippen LogP contribution in [0.1, 0.15) is 43.4 Å². The first-order chi connectivity index (χ1) is 13.8. The fourth-order valence-electron chi connectivity index (χ4n) is 3.01. The van der Waals surface area contributed by atoms with Crippen molar-refractivity contribution >= 4 is 17.3 Å². The number of benzene rings is 2. The molecule has 1 aliphatic rings. The first-order valence-electron chi connectivity index (χ1n) is 9.80. The van der Waals surface area contributed by atoms with Gasteiger partial charge in [0.25, 0.3) is 5.91 Å². The predicted molar refractivity (Wildman–Crippen MR) is 120 cm³/mol. The summed E-state index contributed by atoms with van der Waals surface area (Å²) in [5.41, 5.74) is 5.97. The second kappa shape index (κ2) is 8.78. The number of rotatable bonds is 6. The molecule has 3 rings (SSSR count). The molecular weight excluding hydrogens is 360 g/mol. The molecule has 0 aromatic heterocycles. The van der Waals surface area contributed by atoms with Crippen molar-refractivity contribution in [2.24, 2.45) is 5.10 Å². The van der Waals surface area contributed by atoms with E-state index >= 15 is 0 Å². The fourth-order valence-corrected chi connectivity index (χ4v) is 3.01. The summed E-state index contributed by atoms with van der Waals surface area (Å²) in [6.45, 7) is 12.7. The number of carbonyl (C=O) groups excluding carboxylic acids is 1. The van der Waals surface area contributed by atoms with E-state index in [0.717, 1.165) is 22.7 Å². The van der Waals surface area contributed by atoms with Crippen LogP contribution in [0.15, 0.2) is 77.8 Å². The van der Waals surface area contributed by atoms with Crippen LogP contribution >= 0.6 is 0 Å². The van der Waals surface area contributed by atoms with E-state index < -0.39 is 0 Å². The number of hydrazone groups is 1. The summed E-state index contributed by atoms with van der Waals surface area (Å²) in [5.74, 6) is 0.704. The van der Waals surface area contributed by atoms with Gasteiger partial charge in [-0.25, -0.2) is 0 Å². The standard InChI is InChI=1S/C24H28N4O/c1-16(2)20-8-10-21(11-9-20)18(4)27-28-19(5)26-23(14-24(28)29)15-25-22-12-6-17(3)7-13-22/h6-14,16,25-26H,5,15H2,1-4H3/b27-18+. The van der Waals surface area contributed by atoms with Crippen LogP contribution in [-0.4, -0.2) is 23.2 Å². The Morgan fingerprint density at radius 3 is 2.38 bits per heavy atom. The highest BCUT2D eigenvalue weighted by Gasteiger charge is 2.21. The topological polar surface area (TPSA) is 56.7 Å². The lowest BCUT2D eigenvalue weighted by molar-refractivity contribution is -0.125. The van der Waals surface area contributed by atoms with Crippen molar-refractivity contribution in [3.8, 4) is 0 Å². The Morgan fingerprint density at radius 1 is 1.14 bits per heavy atom.